The zero-order valence-electron chi connectivity index (χ0n) is 10.2. The molecule has 0 aromatic heterocycles. The molecule has 1 fully saturated rings. The van der Waals surface area contributed by atoms with Gasteiger partial charge in [0.25, 0.3) is 0 Å². The van der Waals surface area contributed by atoms with E-state index >= 15 is 0 Å². The van der Waals surface area contributed by atoms with Gasteiger partial charge >= 0.3 is 0 Å². The van der Waals surface area contributed by atoms with Crippen LogP contribution in [0.25, 0.3) is 0 Å². The van der Waals surface area contributed by atoms with Crippen LogP contribution in [0.3, 0.4) is 0 Å². The Kier molecular flexibility index (Phi) is 3.88. The van der Waals surface area contributed by atoms with Crippen molar-refractivity contribution in [1.29, 1.82) is 0 Å². The average molecular weight is 238 g/mol. The zero-order chi connectivity index (χ0) is 11.5. The number of aryl methyl sites for hydroxylation is 1. The van der Waals surface area contributed by atoms with Crippen LogP contribution >= 0.6 is 11.6 Å². The number of piperidine rings is 1. The van der Waals surface area contributed by atoms with Gasteiger partial charge in [-0.1, -0.05) is 24.6 Å². The molecule has 1 aromatic carbocycles. The Labute approximate surface area is 103 Å². The molecule has 2 rings (SSSR count). The predicted molar refractivity (Wildman–Crippen MR) is 69.9 cm³/mol. The van der Waals surface area contributed by atoms with E-state index in [1.807, 2.05) is 6.07 Å². The number of benzene rings is 1. The molecule has 1 nitrogen and oxygen atoms in total. The Morgan fingerprint density at radius 1 is 1.31 bits per heavy atom. The number of hydrogen-bond acceptors (Lipinski definition) is 1. The number of likely N-dealkylation sites (tertiary alicyclic amines) is 1. The van der Waals surface area contributed by atoms with E-state index < -0.39 is 0 Å². The second-order valence-corrected chi connectivity index (χ2v) is 5.47. The van der Waals surface area contributed by atoms with Gasteiger partial charge in [0.1, 0.15) is 0 Å². The molecule has 1 heterocycles. The molecule has 0 spiro atoms. The lowest BCUT2D eigenvalue weighted by atomic mass is 9.98. The minimum Gasteiger partial charge on any atom is -0.299 e. The summed E-state index contributed by atoms with van der Waals surface area (Å²) in [4.78, 5) is 2.55. The molecule has 0 radical (unpaired) electrons. The van der Waals surface area contributed by atoms with Gasteiger partial charge in [-0.05, 0) is 62.0 Å². The third kappa shape index (κ3) is 2.99. The maximum Gasteiger partial charge on any atom is 0.0408 e. The Morgan fingerprint density at radius 3 is 2.62 bits per heavy atom. The van der Waals surface area contributed by atoms with Gasteiger partial charge < -0.3 is 0 Å². The van der Waals surface area contributed by atoms with Crippen LogP contribution in [0.15, 0.2) is 18.2 Å². The first-order valence-electron chi connectivity index (χ1n) is 6.12. The van der Waals surface area contributed by atoms with E-state index in [-0.39, 0.29) is 0 Å². The summed E-state index contributed by atoms with van der Waals surface area (Å²) in [7, 11) is 0. The Hall–Kier alpha value is -0.530. The van der Waals surface area contributed by atoms with Crippen molar-refractivity contribution in [2.24, 2.45) is 5.92 Å². The molecule has 1 aromatic rings. The molecule has 0 N–H and O–H groups in total. The van der Waals surface area contributed by atoms with Crippen molar-refractivity contribution in [1.82, 2.24) is 4.90 Å². The predicted octanol–water partition coefficient (Wildman–Crippen LogP) is 3.88. The van der Waals surface area contributed by atoms with Gasteiger partial charge in [0, 0.05) is 11.6 Å². The van der Waals surface area contributed by atoms with Crippen LogP contribution in [0.4, 0.5) is 0 Å². The monoisotopic (exact) mass is 237 g/mol. The summed E-state index contributed by atoms with van der Waals surface area (Å²) in [6, 6.07) is 6.22. The van der Waals surface area contributed by atoms with Gasteiger partial charge in [0.05, 0.1) is 0 Å². The Morgan fingerprint density at radius 2 is 2.00 bits per heavy atom. The van der Waals surface area contributed by atoms with Gasteiger partial charge in [-0.2, -0.15) is 0 Å². The molecule has 2 heteroatoms. The summed E-state index contributed by atoms with van der Waals surface area (Å²) in [6.45, 7) is 8.06. The van der Waals surface area contributed by atoms with Crippen molar-refractivity contribution < 1.29 is 0 Å². The molecule has 0 atom stereocenters. The minimum atomic E-state index is 0.841. The molecule has 0 amide bonds. The van der Waals surface area contributed by atoms with Crippen molar-refractivity contribution in [2.45, 2.75) is 33.2 Å². The third-order valence-corrected chi connectivity index (χ3v) is 3.81. The molecular weight excluding hydrogens is 218 g/mol. The number of hydrogen-bond donors (Lipinski definition) is 0. The van der Waals surface area contributed by atoms with Crippen LogP contribution in [-0.2, 0) is 6.54 Å². The molecule has 1 aliphatic rings. The minimum absolute atomic E-state index is 0.841. The van der Waals surface area contributed by atoms with E-state index in [1.54, 1.807) is 0 Å². The fourth-order valence-corrected chi connectivity index (χ4v) is 2.52. The van der Waals surface area contributed by atoms with Crippen molar-refractivity contribution >= 4 is 11.6 Å². The lowest BCUT2D eigenvalue weighted by Crippen LogP contribution is -2.32. The van der Waals surface area contributed by atoms with Crippen molar-refractivity contribution in [3.05, 3.63) is 34.3 Å². The van der Waals surface area contributed by atoms with Crippen molar-refractivity contribution in [3.63, 3.8) is 0 Å². The number of halogens is 1. The first kappa shape index (κ1) is 11.9. The van der Waals surface area contributed by atoms with Crippen LogP contribution in [0.2, 0.25) is 5.02 Å². The highest BCUT2D eigenvalue weighted by molar-refractivity contribution is 6.30. The van der Waals surface area contributed by atoms with Crippen molar-refractivity contribution in [3.8, 4) is 0 Å². The molecule has 1 saturated heterocycles. The molecule has 88 valence electrons. The van der Waals surface area contributed by atoms with Crippen LogP contribution < -0.4 is 0 Å². The SMILES string of the molecule is Cc1cc(Cl)ccc1CN1CCC(C)CC1. The van der Waals surface area contributed by atoms with E-state index in [9.17, 15) is 0 Å². The van der Waals surface area contributed by atoms with E-state index in [1.165, 1.54) is 37.1 Å². The first-order chi connectivity index (χ1) is 7.65. The van der Waals surface area contributed by atoms with Crippen LogP contribution in [0, 0.1) is 12.8 Å². The van der Waals surface area contributed by atoms with Crippen LogP contribution in [0.5, 0.6) is 0 Å². The maximum atomic E-state index is 5.97. The van der Waals surface area contributed by atoms with E-state index in [2.05, 4.69) is 30.9 Å². The summed E-state index contributed by atoms with van der Waals surface area (Å²) in [5, 5.41) is 0.841. The molecule has 1 aliphatic heterocycles. The number of nitrogens with zero attached hydrogens (tertiary/aromatic N) is 1. The lowest BCUT2D eigenvalue weighted by molar-refractivity contribution is 0.185. The van der Waals surface area contributed by atoms with Gasteiger partial charge in [-0.3, -0.25) is 4.90 Å². The Balaban J connectivity index is 1.98. The molecule has 0 saturated carbocycles. The summed E-state index contributed by atoms with van der Waals surface area (Å²) < 4.78 is 0. The highest BCUT2D eigenvalue weighted by Crippen LogP contribution is 2.21. The normalized spacial score (nSPS) is 18.9. The lowest BCUT2D eigenvalue weighted by Gasteiger charge is -2.30. The average Bonchev–Trinajstić information content (AvgIpc) is 2.25. The van der Waals surface area contributed by atoms with E-state index in [4.69, 9.17) is 11.6 Å². The second-order valence-electron chi connectivity index (χ2n) is 5.03. The largest absolute Gasteiger partial charge is 0.299 e. The quantitative estimate of drug-likeness (QED) is 0.755. The van der Waals surface area contributed by atoms with Gasteiger partial charge in [0.15, 0.2) is 0 Å². The molecule has 0 bridgehead atoms. The summed E-state index contributed by atoms with van der Waals surface area (Å²) >= 11 is 5.97. The highest BCUT2D eigenvalue weighted by Gasteiger charge is 2.16. The summed E-state index contributed by atoms with van der Waals surface area (Å²) in [5.74, 6) is 0.905. The fourth-order valence-electron chi connectivity index (χ4n) is 2.30. The fraction of sp³-hybridized carbons (Fsp3) is 0.571. The van der Waals surface area contributed by atoms with Crippen molar-refractivity contribution in [2.75, 3.05) is 13.1 Å². The number of rotatable bonds is 2. The third-order valence-electron chi connectivity index (χ3n) is 3.57. The van der Waals surface area contributed by atoms with Gasteiger partial charge in [-0.15, -0.1) is 0 Å². The highest BCUT2D eigenvalue weighted by atomic mass is 35.5. The standard InChI is InChI=1S/C14H20ClN/c1-11-5-7-16(8-6-11)10-13-3-4-14(15)9-12(13)2/h3-4,9,11H,5-8,10H2,1-2H3. The topological polar surface area (TPSA) is 3.24 Å². The van der Waals surface area contributed by atoms with Gasteiger partial charge in [0.2, 0.25) is 0 Å². The molecule has 16 heavy (non-hydrogen) atoms. The molecule has 0 aliphatic carbocycles. The maximum absolute atomic E-state index is 5.97. The van der Waals surface area contributed by atoms with E-state index in [0.29, 0.717) is 0 Å². The smallest absolute Gasteiger partial charge is 0.0408 e. The van der Waals surface area contributed by atoms with Crippen LogP contribution in [0.1, 0.15) is 30.9 Å². The summed E-state index contributed by atoms with van der Waals surface area (Å²) in [6.07, 6.45) is 2.68. The van der Waals surface area contributed by atoms with Crippen LogP contribution in [-0.4, -0.2) is 18.0 Å². The molecule has 0 unspecified atom stereocenters. The van der Waals surface area contributed by atoms with Gasteiger partial charge in [-0.25, -0.2) is 0 Å². The zero-order valence-corrected chi connectivity index (χ0v) is 10.9. The second kappa shape index (κ2) is 5.20. The Bertz CT molecular complexity index is 354. The molecular formula is C14H20ClN. The summed E-state index contributed by atoms with van der Waals surface area (Å²) in [5.41, 5.74) is 2.73. The van der Waals surface area contributed by atoms with E-state index in [0.717, 1.165) is 17.5 Å². The first-order valence-corrected chi connectivity index (χ1v) is 6.50.